The summed E-state index contributed by atoms with van der Waals surface area (Å²) >= 11 is 1.69. The Morgan fingerprint density at radius 2 is 2.06 bits per heavy atom. The van der Waals surface area contributed by atoms with Gasteiger partial charge in [-0.15, -0.1) is 0 Å². The van der Waals surface area contributed by atoms with Crippen molar-refractivity contribution in [2.75, 3.05) is 5.32 Å². The van der Waals surface area contributed by atoms with Crippen LogP contribution in [0.3, 0.4) is 0 Å². The Morgan fingerprint density at radius 3 is 2.78 bits per heavy atom. The van der Waals surface area contributed by atoms with Crippen LogP contribution >= 0.6 is 11.8 Å². The molecule has 1 aliphatic heterocycles. The first kappa shape index (κ1) is 21.4. The summed E-state index contributed by atoms with van der Waals surface area (Å²) in [4.78, 5) is 35.1. The first-order chi connectivity index (χ1) is 15.5. The Hall–Kier alpha value is -3.86. The van der Waals surface area contributed by atoms with Crippen molar-refractivity contribution in [3.05, 3.63) is 81.4 Å². The lowest BCUT2D eigenvalue weighted by Crippen LogP contribution is -2.28. The summed E-state index contributed by atoms with van der Waals surface area (Å²) in [6.07, 6.45) is 4.43. The maximum Gasteiger partial charge on any atom is 0.269 e. The molecule has 2 aromatic heterocycles. The number of carbonyl (C=O) groups is 2. The van der Waals surface area contributed by atoms with Crippen LogP contribution < -0.4 is 10.6 Å². The molecule has 3 aromatic rings. The molecule has 11 heteroatoms. The van der Waals surface area contributed by atoms with Crippen molar-refractivity contribution in [1.29, 1.82) is 0 Å². The van der Waals surface area contributed by atoms with Gasteiger partial charge in [-0.3, -0.25) is 19.7 Å². The Kier molecular flexibility index (Phi) is 6.36. The van der Waals surface area contributed by atoms with Gasteiger partial charge in [-0.25, -0.2) is 4.68 Å². The zero-order valence-corrected chi connectivity index (χ0v) is 17.6. The number of nitro groups is 1. The molecule has 0 saturated heterocycles. The lowest BCUT2D eigenvalue weighted by molar-refractivity contribution is -0.384. The SMILES string of the molecule is O=C(/C=C\c1ccc([N+](=O)[O-])cc1)Nc1c2c(nn1CC(=O)NCc1ccco1)CSC2. The van der Waals surface area contributed by atoms with Crippen molar-refractivity contribution in [2.45, 2.75) is 24.6 Å². The van der Waals surface area contributed by atoms with E-state index in [1.165, 1.54) is 29.2 Å². The van der Waals surface area contributed by atoms with E-state index in [2.05, 4.69) is 15.7 Å². The Labute approximate surface area is 186 Å². The molecule has 2 amide bonds. The fourth-order valence-corrected chi connectivity index (χ4v) is 4.18. The van der Waals surface area contributed by atoms with E-state index in [-0.39, 0.29) is 30.6 Å². The summed E-state index contributed by atoms with van der Waals surface area (Å²) in [5, 5.41) is 20.8. The maximum atomic E-state index is 12.5. The van der Waals surface area contributed by atoms with Crippen LogP contribution in [-0.2, 0) is 34.2 Å². The molecule has 0 spiro atoms. The van der Waals surface area contributed by atoms with Gasteiger partial charge < -0.3 is 15.1 Å². The van der Waals surface area contributed by atoms with E-state index in [9.17, 15) is 19.7 Å². The predicted molar refractivity (Wildman–Crippen MR) is 119 cm³/mol. The van der Waals surface area contributed by atoms with Gasteiger partial charge in [-0.05, 0) is 35.9 Å². The van der Waals surface area contributed by atoms with Crippen molar-refractivity contribution in [1.82, 2.24) is 15.1 Å². The van der Waals surface area contributed by atoms with Crippen LogP contribution in [0.15, 0.2) is 53.2 Å². The van der Waals surface area contributed by atoms with Crippen molar-refractivity contribution < 1.29 is 18.9 Å². The number of hydrogen-bond donors (Lipinski definition) is 2. The van der Waals surface area contributed by atoms with Crippen LogP contribution in [0.5, 0.6) is 0 Å². The van der Waals surface area contributed by atoms with Crippen LogP contribution in [0, 0.1) is 10.1 Å². The molecule has 4 rings (SSSR count). The van der Waals surface area contributed by atoms with Gasteiger partial charge >= 0.3 is 0 Å². The maximum absolute atomic E-state index is 12.5. The lowest BCUT2D eigenvalue weighted by Gasteiger charge is -2.10. The number of nitrogens with one attached hydrogen (secondary N) is 2. The number of hydrogen-bond acceptors (Lipinski definition) is 7. The second kappa shape index (κ2) is 9.52. The molecular weight excluding hydrogens is 434 g/mol. The minimum Gasteiger partial charge on any atom is -0.467 e. The standard InChI is InChI=1S/C21H19N5O5S/c27-19(8-5-14-3-6-15(7-4-14)26(29)30)23-21-17-12-32-13-18(17)24-25(21)11-20(28)22-10-16-2-1-9-31-16/h1-9H,10-13H2,(H,22,28)(H,23,27)/b8-5-. The van der Waals surface area contributed by atoms with E-state index in [4.69, 9.17) is 4.42 Å². The number of fused-ring (bicyclic) bond motifs is 1. The largest absolute Gasteiger partial charge is 0.467 e. The number of benzene rings is 1. The van der Waals surface area contributed by atoms with E-state index < -0.39 is 4.92 Å². The molecule has 0 saturated carbocycles. The molecule has 1 aromatic carbocycles. The van der Waals surface area contributed by atoms with Crippen LogP contribution in [0.2, 0.25) is 0 Å². The summed E-state index contributed by atoms with van der Waals surface area (Å²) in [6, 6.07) is 9.38. The molecule has 0 aliphatic carbocycles. The Morgan fingerprint density at radius 1 is 1.25 bits per heavy atom. The van der Waals surface area contributed by atoms with Crippen LogP contribution in [0.1, 0.15) is 22.6 Å². The highest BCUT2D eigenvalue weighted by molar-refractivity contribution is 7.98. The van der Waals surface area contributed by atoms with Crippen molar-refractivity contribution in [3.63, 3.8) is 0 Å². The summed E-state index contributed by atoms with van der Waals surface area (Å²) in [5.74, 6) is 1.91. The molecule has 0 radical (unpaired) electrons. The van der Waals surface area contributed by atoms with Gasteiger partial charge in [0.1, 0.15) is 18.1 Å². The van der Waals surface area contributed by atoms with Crippen molar-refractivity contribution >= 4 is 41.2 Å². The van der Waals surface area contributed by atoms with Gasteiger partial charge in [0.2, 0.25) is 11.8 Å². The van der Waals surface area contributed by atoms with Crippen LogP contribution in [0.4, 0.5) is 11.5 Å². The topological polar surface area (TPSA) is 132 Å². The molecule has 32 heavy (non-hydrogen) atoms. The number of furan rings is 1. The number of nitro benzene ring substituents is 1. The summed E-state index contributed by atoms with van der Waals surface area (Å²) < 4.78 is 6.70. The Bertz CT molecular complexity index is 1170. The zero-order chi connectivity index (χ0) is 22.5. The number of thioether (sulfide) groups is 1. The van der Waals surface area contributed by atoms with Crippen molar-refractivity contribution in [3.8, 4) is 0 Å². The van der Waals surface area contributed by atoms with E-state index in [1.807, 2.05) is 0 Å². The van der Waals surface area contributed by atoms with Gasteiger partial charge in [0.05, 0.1) is 23.4 Å². The fraction of sp³-hybridized carbons (Fsp3) is 0.190. The van der Waals surface area contributed by atoms with Gasteiger partial charge in [0, 0.05) is 35.3 Å². The zero-order valence-electron chi connectivity index (χ0n) is 16.8. The van der Waals surface area contributed by atoms with Gasteiger partial charge in [0.15, 0.2) is 0 Å². The van der Waals surface area contributed by atoms with Crippen molar-refractivity contribution in [2.24, 2.45) is 0 Å². The first-order valence-electron chi connectivity index (χ1n) is 9.68. The number of anilines is 1. The summed E-state index contributed by atoms with van der Waals surface area (Å²) in [7, 11) is 0. The minimum absolute atomic E-state index is 0.0195. The number of non-ortho nitro benzene ring substituents is 1. The number of carbonyl (C=O) groups excluding carboxylic acids is 2. The monoisotopic (exact) mass is 453 g/mol. The molecule has 164 valence electrons. The van der Waals surface area contributed by atoms with Crippen LogP contribution in [-0.4, -0.2) is 26.5 Å². The number of aromatic nitrogens is 2. The minimum atomic E-state index is -0.481. The third-order valence-electron chi connectivity index (χ3n) is 4.72. The molecule has 0 unspecified atom stereocenters. The predicted octanol–water partition coefficient (Wildman–Crippen LogP) is 3.10. The molecule has 0 fully saturated rings. The Balaban J connectivity index is 1.42. The molecule has 1 aliphatic rings. The number of nitrogens with zero attached hydrogens (tertiary/aromatic N) is 3. The normalized spacial score (nSPS) is 12.6. The lowest BCUT2D eigenvalue weighted by atomic mass is 10.2. The molecule has 3 heterocycles. The molecular formula is C21H19N5O5S. The second-order valence-corrected chi connectivity index (χ2v) is 7.94. The van der Waals surface area contributed by atoms with Gasteiger partial charge in [-0.1, -0.05) is 0 Å². The van der Waals surface area contributed by atoms with Gasteiger partial charge in [0.25, 0.3) is 5.69 Å². The van der Waals surface area contributed by atoms with E-state index in [0.29, 0.717) is 22.9 Å². The average molecular weight is 453 g/mol. The highest BCUT2D eigenvalue weighted by atomic mass is 32.2. The molecule has 10 nitrogen and oxygen atoms in total. The first-order valence-corrected chi connectivity index (χ1v) is 10.8. The number of rotatable bonds is 8. The highest BCUT2D eigenvalue weighted by Gasteiger charge is 2.24. The molecule has 0 atom stereocenters. The smallest absolute Gasteiger partial charge is 0.269 e. The quantitative estimate of drug-likeness (QED) is 0.304. The molecule has 0 bridgehead atoms. The van der Waals surface area contributed by atoms with E-state index in [1.54, 1.807) is 42.1 Å². The van der Waals surface area contributed by atoms with Crippen LogP contribution in [0.25, 0.3) is 6.08 Å². The summed E-state index contributed by atoms with van der Waals surface area (Å²) in [5.41, 5.74) is 2.39. The third kappa shape index (κ3) is 5.06. The van der Waals surface area contributed by atoms with Gasteiger partial charge in [-0.2, -0.15) is 16.9 Å². The second-order valence-electron chi connectivity index (χ2n) is 6.95. The molecule has 2 N–H and O–H groups in total. The highest BCUT2D eigenvalue weighted by Crippen LogP contribution is 2.34. The number of amides is 2. The third-order valence-corrected chi connectivity index (χ3v) is 5.70. The average Bonchev–Trinajstić information content (AvgIpc) is 3.51. The fourth-order valence-electron chi connectivity index (χ4n) is 3.15. The summed E-state index contributed by atoms with van der Waals surface area (Å²) in [6.45, 7) is 0.225. The van der Waals surface area contributed by atoms with E-state index in [0.717, 1.165) is 17.0 Å². The van der Waals surface area contributed by atoms with E-state index >= 15 is 0 Å².